The predicted molar refractivity (Wildman–Crippen MR) is 39.4 cm³/mol. The zero-order chi connectivity index (χ0) is 8.43. The molecule has 1 heterocycles. The fourth-order valence-corrected chi connectivity index (χ4v) is 3.35. The molecule has 4 N–H and O–H groups in total. The summed E-state index contributed by atoms with van der Waals surface area (Å²) in [6.45, 7) is -0.106. The fraction of sp³-hybridized carbons (Fsp3) is 1.00. The van der Waals surface area contributed by atoms with E-state index in [4.69, 9.17) is 15.3 Å². The Labute approximate surface area is 71.0 Å². The molecule has 0 aromatic heterocycles. The van der Waals surface area contributed by atoms with Gasteiger partial charge in [-0.3, -0.25) is 0 Å². The molecule has 11 heavy (non-hydrogen) atoms. The van der Waals surface area contributed by atoms with Crippen LogP contribution in [0.1, 0.15) is 0 Å². The van der Waals surface area contributed by atoms with Crippen molar-refractivity contribution in [1.29, 1.82) is 0 Å². The second-order valence-corrected chi connectivity index (χ2v) is 5.27. The molecule has 0 aromatic carbocycles. The first-order chi connectivity index (χ1) is 5.16. The quantitative estimate of drug-likeness (QED) is 0.390. The monoisotopic (exact) mass is 228 g/mol. The second kappa shape index (κ2) is 3.85. The van der Waals surface area contributed by atoms with Gasteiger partial charge in [-0.1, -0.05) is 0 Å². The number of hydrogen-bond donors (Lipinski definition) is 4. The van der Waals surface area contributed by atoms with Crippen LogP contribution in [0.3, 0.4) is 0 Å². The molecule has 0 radical (unpaired) electrons. The van der Waals surface area contributed by atoms with E-state index in [1.807, 2.05) is 0 Å². The van der Waals surface area contributed by atoms with Gasteiger partial charge in [0.15, 0.2) is 0 Å². The topological polar surface area (TPSA) is 80.9 Å². The Kier molecular flexibility index (Phi) is 3.30. The van der Waals surface area contributed by atoms with Gasteiger partial charge in [0.2, 0.25) is 0 Å². The molecule has 0 aliphatic carbocycles. The SMILES string of the molecule is OCC1[Se]CC(O)[C@H](O)[C@@H]1O. The van der Waals surface area contributed by atoms with Crippen molar-refractivity contribution in [2.45, 2.75) is 28.4 Å². The molecule has 0 aromatic rings. The zero-order valence-corrected chi connectivity index (χ0v) is 7.63. The van der Waals surface area contributed by atoms with Crippen molar-refractivity contribution in [2.75, 3.05) is 6.61 Å². The Bertz CT molecular complexity index is 130. The van der Waals surface area contributed by atoms with E-state index in [0.29, 0.717) is 5.32 Å². The molecule has 66 valence electrons. The molecule has 0 bridgehead atoms. The average Bonchev–Trinajstić information content (AvgIpc) is 2.01. The van der Waals surface area contributed by atoms with Gasteiger partial charge in [0.25, 0.3) is 0 Å². The van der Waals surface area contributed by atoms with Crippen molar-refractivity contribution in [2.24, 2.45) is 0 Å². The van der Waals surface area contributed by atoms with E-state index >= 15 is 0 Å². The van der Waals surface area contributed by atoms with Gasteiger partial charge in [-0.25, -0.2) is 0 Å². The number of rotatable bonds is 1. The maximum atomic E-state index is 9.25. The van der Waals surface area contributed by atoms with Gasteiger partial charge in [0.05, 0.1) is 0 Å². The molecular formula is C6H12O4Se. The summed E-state index contributed by atoms with van der Waals surface area (Å²) in [4.78, 5) is -0.221. The molecule has 0 amide bonds. The van der Waals surface area contributed by atoms with E-state index in [1.54, 1.807) is 0 Å². The summed E-state index contributed by atoms with van der Waals surface area (Å²) in [6, 6.07) is 0. The Hall–Kier alpha value is 0.359. The fourth-order valence-electron chi connectivity index (χ4n) is 1.03. The summed E-state index contributed by atoms with van der Waals surface area (Å²) in [5.41, 5.74) is 0. The first-order valence-electron chi connectivity index (χ1n) is 3.43. The van der Waals surface area contributed by atoms with Crippen LogP contribution in [0.15, 0.2) is 0 Å². The third-order valence-electron chi connectivity index (χ3n) is 1.79. The maximum absolute atomic E-state index is 9.25. The molecule has 4 atom stereocenters. The van der Waals surface area contributed by atoms with E-state index in [-0.39, 0.29) is 26.4 Å². The van der Waals surface area contributed by atoms with Crippen LogP contribution in [-0.4, -0.2) is 60.3 Å². The van der Waals surface area contributed by atoms with Gasteiger partial charge < -0.3 is 0 Å². The van der Waals surface area contributed by atoms with Gasteiger partial charge in [-0.2, -0.15) is 0 Å². The van der Waals surface area contributed by atoms with Crippen LogP contribution in [0.5, 0.6) is 0 Å². The zero-order valence-electron chi connectivity index (χ0n) is 5.92. The van der Waals surface area contributed by atoms with Crippen LogP contribution in [0.2, 0.25) is 10.1 Å². The van der Waals surface area contributed by atoms with Gasteiger partial charge >= 0.3 is 70.4 Å². The van der Waals surface area contributed by atoms with Crippen molar-refractivity contribution in [3.05, 3.63) is 0 Å². The van der Waals surface area contributed by atoms with Crippen LogP contribution in [0.4, 0.5) is 0 Å². The molecule has 4 nitrogen and oxygen atoms in total. The minimum atomic E-state index is -1.08. The van der Waals surface area contributed by atoms with Crippen LogP contribution in [0, 0.1) is 0 Å². The Morgan fingerprint density at radius 2 is 1.82 bits per heavy atom. The van der Waals surface area contributed by atoms with Crippen molar-refractivity contribution >= 4 is 15.0 Å². The van der Waals surface area contributed by atoms with E-state index in [9.17, 15) is 5.11 Å². The van der Waals surface area contributed by atoms with Gasteiger partial charge in [-0.15, -0.1) is 0 Å². The van der Waals surface area contributed by atoms with E-state index in [1.165, 1.54) is 0 Å². The van der Waals surface area contributed by atoms with Crippen molar-refractivity contribution < 1.29 is 20.4 Å². The first kappa shape index (κ1) is 9.45. The molecule has 5 heteroatoms. The third kappa shape index (κ3) is 1.93. The van der Waals surface area contributed by atoms with E-state index in [0.717, 1.165) is 0 Å². The van der Waals surface area contributed by atoms with Crippen molar-refractivity contribution in [3.63, 3.8) is 0 Å². The molecule has 1 aliphatic rings. The molecule has 1 rings (SSSR count). The first-order valence-corrected chi connectivity index (χ1v) is 5.63. The van der Waals surface area contributed by atoms with Crippen molar-refractivity contribution in [1.82, 2.24) is 0 Å². The van der Waals surface area contributed by atoms with E-state index in [2.05, 4.69) is 0 Å². The Balaban J connectivity index is 2.52. The van der Waals surface area contributed by atoms with Crippen LogP contribution in [-0.2, 0) is 0 Å². The average molecular weight is 227 g/mol. The Morgan fingerprint density at radius 1 is 1.18 bits per heavy atom. The van der Waals surface area contributed by atoms with E-state index < -0.39 is 18.3 Å². The van der Waals surface area contributed by atoms with Gasteiger partial charge in [0.1, 0.15) is 0 Å². The Morgan fingerprint density at radius 3 is 2.36 bits per heavy atom. The summed E-state index contributed by atoms with van der Waals surface area (Å²) in [6.07, 6.45) is -2.85. The summed E-state index contributed by atoms with van der Waals surface area (Å²) in [5, 5.41) is 36.7. The third-order valence-corrected chi connectivity index (χ3v) is 4.70. The summed E-state index contributed by atoms with van der Waals surface area (Å²) < 4.78 is 0. The summed E-state index contributed by atoms with van der Waals surface area (Å²) >= 11 is 0.0345. The molecule has 0 saturated carbocycles. The summed E-state index contributed by atoms with van der Waals surface area (Å²) in [5.74, 6) is 0. The molecule has 1 aliphatic heterocycles. The molecule has 0 spiro atoms. The molecule has 2 unspecified atom stereocenters. The molecular weight excluding hydrogens is 215 g/mol. The normalized spacial score (nSPS) is 45.8. The predicted octanol–water partition coefficient (Wildman–Crippen LogP) is -2.01. The molecule has 1 fully saturated rings. The molecule has 1 saturated heterocycles. The standard InChI is InChI=1S/C6H12O4Se/c7-1-4-6(10)5(9)3(8)2-11-4/h3-10H,1-2H2/t3?,4?,5-,6+/m0/s1. The summed E-state index contributed by atoms with van der Waals surface area (Å²) in [7, 11) is 0. The number of aliphatic hydroxyl groups excluding tert-OH is 4. The second-order valence-electron chi connectivity index (χ2n) is 2.60. The minimum absolute atomic E-state index is 0.0345. The van der Waals surface area contributed by atoms with Crippen molar-refractivity contribution in [3.8, 4) is 0 Å². The van der Waals surface area contributed by atoms with Crippen LogP contribution < -0.4 is 0 Å². The van der Waals surface area contributed by atoms with Gasteiger partial charge in [-0.05, 0) is 0 Å². The van der Waals surface area contributed by atoms with Crippen LogP contribution in [0.25, 0.3) is 0 Å². The van der Waals surface area contributed by atoms with Gasteiger partial charge in [0, 0.05) is 0 Å². The number of hydrogen-bond acceptors (Lipinski definition) is 4. The number of aliphatic hydroxyl groups is 4. The van der Waals surface area contributed by atoms with Crippen LogP contribution >= 0.6 is 0 Å².